The molecular weight excluding hydrogens is 465 g/mol. The summed E-state index contributed by atoms with van der Waals surface area (Å²) in [4.78, 5) is 40.0. The lowest BCUT2D eigenvalue weighted by Crippen LogP contribution is -2.43. The van der Waals surface area contributed by atoms with Gasteiger partial charge in [0.15, 0.2) is 0 Å². The van der Waals surface area contributed by atoms with Crippen molar-refractivity contribution in [2.75, 3.05) is 13.6 Å². The average Bonchev–Trinajstić information content (AvgIpc) is 2.88. The monoisotopic (exact) mass is 481 g/mol. The zero-order chi connectivity index (χ0) is 21.3. The second-order valence-corrected chi connectivity index (χ2v) is 8.23. The Morgan fingerprint density at radius 1 is 1.28 bits per heavy atom. The van der Waals surface area contributed by atoms with Crippen LogP contribution in [0.5, 0.6) is 0 Å². The number of amides is 4. The van der Waals surface area contributed by atoms with Crippen LogP contribution in [0.25, 0.3) is 0 Å². The van der Waals surface area contributed by atoms with E-state index in [1.54, 1.807) is 31.2 Å². The van der Waals surface area contributed by atoms with Gasteiger partial charge in [0.25, 0.3) is 5.91 Å². The zero-order valence-corrected chi connectivity index (χ0v) is 18.1. The molecule has 1 heterocycles. The van der Waals surface area contributed by atoms with Gasteiger partial charge >= 0.3 is 6.03 Å². The first-order valence-corrected chi connectivity index (χ1v) is 9.87. The third kappa shape index (κ3) is 4.13. The lowest BCUT2D eigenvalue weighted by Gasteiger charge is -2.23. The first-order chi connectivity index (χ1) is 13.6. The molecule has 6 nitrogen and oxygen atoms in total. The zero-order valence-electron chi connectivity index (χ0n) is 15.7. The Morgan fingerprint density at radius 2 is 1.97 bits per heavy atom. The highest BCUT2D eigenvalue weighted by Gasteiger charge is 2.49. The van der Waals surface area contributed by atoms with Gasteiger partial charge in [-0.2, -0.15) is 0 Å². The maximum Gasteiger partial charge on any atom is 0.325 e. The lowest BCUT2D eigenvalue weighted by molar-refractivity contribution is -0.138. The lowest BCUT2D eigenvalue weighted by atomic mass is 9.92. The molecule has 0 spiro atoms. The van der Waals surface area contributed by atoms with E-state index < -0.39 is 35.7 Å². The van der Waals surface area contributed by atoms with E-state index in [0.29, 0.717) is 5.56 Å². The van der Waals surface area contributed by atoms with Crippen molar-refractivity contribution in [3.05, 3.63) is 68.9 Å². The van der Waals surface area contributed by atoms with Crippen LogP contribution in [-0.2, 0) is 21.7 Å². The van der Waals surface area contributed by atoms with Gasteiger partial charge in [-0.3, -0.25) is 14.5 Å². The highest BCUT2D eigenvalue weighted by atomic mass is 79.9. The maximum absolute atomic E-state index is 14.0. The van der Waals surface area contributed by atoms with Crippen molar-refractivity contribution in [2.45, 2.75) is 19.0 Å². The quantitative estimate of drug-likeness (QED) is 0.661. The van der Waals surface area contributed by atoms with Gasteiger partial charge in [-0.1, -0.05) is 45.7 Å². The summed E-state index contributed by atoms with van der Waals surface area (Å²) in [5.74, 6) is -1.59. The summed E-state index contributed by atoms with van der Waals surface area (Å²) >= 11 is 9.35. The van der Waals surface area contributed by atoms with E-state index >= 15 is 0 Å². The second kappa shape index (κ2) is 8.12. The van der Waals surface area contributed by atoms with Crippen molar-refractivity contribution >= 4 is 45.4 Å². The number of hydrogen-bond donors (Lipinski definition) is 1. The van der Waals surface area contributed by atoms with E-state index in [1.165, 1.54) is 30.1 Å². The summed E-state index contributed by atoms with van der Waals surface area (Å²) in [6, 6.07) is 10.6. The smallest absolute Gasteiger partial charge is 0.325 e. The van der Waals surface area contributed by atoms with Crippen LogP contribution in [0.2, 0.25) is 5.02 Å². The van der Waals surface area contributed by atoms with E-state index in [2.05, 4.69) is 21.2 Å². The molecule has 0 aromatic heterocycles. The normalized spacial score (nSPS) is 18.7. The molecule has 152 valence electrons. The molecule has 3 rings (SSSR count). The molecule has 1 fully saturated rings. The molecule has 1 unspecified atom stereocenters. The first-order valence-electron chi connectivity index (χ1n) is 8.70. The fraction of sp³-hybridized carbons (Fsp3) is 0.250. The van der Waals surface area contributed by atoms with Gasteiger partial charge in [0.2, 0.25) is 5.91 Å². The predicted molar refractivity (Wildman–Crippen MR) is 110 cm³/mol. The number of hydrogen-bond acceptors (Lipinski definition) is 3. The van der Waals surface area contributed by atoms with Crippen LogP contribution < -0.4 is 5.32 Å². The van der Waals surface area contributed by atoms with Gasteiger partial charge in [-0.15, -0.1) is 0 Å². The molecule has 1 aliphatic rings. The van der Waals surface area contributed by atoms with Crippen molar-refractivity contribution in [1.82, 2.24) is 15.1 Å². The van der Waals surface area contributed by atoms with Crippen LogP contribution in [0.15, 0.2) is 46.9 Å². The molecule has 1 atom stereocenters. The van der Waals surface area contributed by atoms with Crippen LogP contribution in [0, 0.1) is 5.82 Å². The highest BCUT2D eigenvalue weighted by molar-refractivity contribution is 9.10. The molecule has 0 saturated carbocycles. The van der Waals surface area contributed by atoms with Crippen LogP contribution in [-0.4, -0.2) is 41.2 Å². The van der Waals surface area contributed by atoms with E-state index in [-0.39, 0.29) is 17.1 Å². The number of nitrogens with zero attached hydrogens (tertiary/aromatic N) is 2. The van der Waals surface area contributed by atoms with Crippen molar-refractivity contribution in [2.24, 2.45) is 0 Å². The minimum atomic E-state index is -1.28. The summed E-state index contributed by atoms with van der Waals surface area (Å²) in [6.07, 6.45) is 0. The summed E-state index contributed by atoms with van der Waals surface area (Å²) < 4.78 is 14.7. The number of halogens is 3. The Balaban J connectivity index is 1.75. The Labute approximate surface area is 180 Å². The Bertz CT molecular complexity index is 982. The first kappa shape index (κ1) is 21.3. The molecule has 0 radical (unpaired) electrons. The molecule has 29 heavy (non-hydrogen) atoms. The largest absolute Gasteiger partial charge is 0.340 e. The minimum absolute atomic E-state index is 0.0864. The third-order valence-corrected chi connectivity index (χ3v) is 5.70. The van der Waals surface area contributed by atoms with Crippen molar-refractivity contribution in [3.63, 3.8) is 0 Å². The van der Waals surface area contributed by atoms with Crippen molar-refractivity contribution < 1.29 is 18.8 Å². The Morgan fingerprint density at radius 3 is 2.62 bits per heavy atom. The predicted octanol–water partition coefficient (Wildman–Crippen LogP) is 3.67. The van der Waals surface area contributed by atoms with E-state index in [0.717, 1.165) is 9.37 Å². The number of urea groups is 1. The molecule has 1 N–H and O–H groups in total. The van der Waals surface area contributed by atoms with Crippen LogP contribution >= 0.6 is 27.5 Å². The maximum atomic E-state index is 14.0. The average molecular weight is 483 g/mol. The number of rotatable bonds is 5. The SMILES string of the molecule is CN(Cc1c(F)cccc1Cl)C(=O)CN1C(=O)NC(C)(c2cccc(Br)c2)C1=O. The van der Waals surface area contributed by atoms with Crippen LogP contribution in [0.1, 0.15) is 18.1 Å². The summed E-state index contributed by atoms with van der Waals surface area (Å²) in [5, 5.41) is 2.85. The molecule has 0 aliphatic carbocycles. The van der Waals surface area contributed by atoms with Crippen molar-refractivity contribution in [1.29, 1.82) is 0 Å². The van der Waals surface area contributed by atoms with Crippen LogP contribution in [0.4, 0.5) is 9.18 Å². The van der Waals surface area contributed by atoms with E-state index in [1.807, 2.05) is 0 Å². The number of nitrogens with one attached hydrogen (secondary N) is 1. The fourth-order valence-electron chi connectivity index (χ4n) is 3.10. The van der Waals surface area contributed by atoms with E-state index in [4.69, 9.17) is 11.6 Å². The van der Waals surface area contributed by atoms with Gasteiger partial charge in [-0.05, 0) is 36.8 Å². The van der Waals surface area contributed by atoms with Gasteiger partial charge in [0.05, 0.1) is 0 Å². The highest BCUT2D eigenvalue weighted by Crippen LogP contribution is 2.30. The second-order valence-electron chi connectivity index (χ2n) is 6.91. The van der Waals surface area contributed by atoms with Gasteiger partial charge < -0.3 is 10.2 Å². The standard InChI is InChI=1S/C20H18BrClFN3O3/c1-20(12-5-3-6-13(21)9-12)18(28)26(19(29)24-20)11-17(27)25(2)10-14-15(22)7-4-8-16(14)23/h3-9H,10-11H2,1-2H3,(H,24,29). The Hall–Kier alpha value is -2.45. The summed E-state index contributed by atoms with van der Waals surface area (Å²) in [7, 11) is 1.46. The molecule has 2 aromatic carbocycles. The summed E-state index contributed by atoms with van der Waals surface area (Å²) in [5.41, 5.74) is -0.526. The van der Waals surface area contributed by atoms with E-state index in [9.17, 15) is 18.8 Å². The molecule has 0 bridgehead atoms. The fourth-order valence-corrected chi connectivity index (χ4v) is 3.72. The molecule has 2 aromatic rings. The molecule has 1 saturated heterocycles. The molecule has 9 heteroatoms. The van der Waals surface area contributed by atoms with Crippen LogP contribution in [0.3, 0.4) is 0 Å². The van der Waals surface area contributed by atoms with Gasteiger partial charge in [0, 0.05) is 28.7 Å². The summed E-state index contributed by atoms with van der Waals surface area (Å²) in [6.45, 7) is 1.04. The number of carbonyl (C=O) groups is 3. The molecule has 4 amide bonds. The van der Waals surface area contributed by atoms with Gasteiger partial charge in [-0.25, -0.2) is 9.18 Å². The Kier molecular flexibility index (Phi) is 5.95. The van der Waals surface area contributed by atoms with Gasteiger partial charge in [0.1, 0.15) is 17.9 Å². The number of carbonyl (C=O) groups excluding carboxylic acids is 3. The number of imide groups is 1. The third-order valence-electron chi connectivity index (χ3n) is 4.85. The topological polar surface area (TPSA) is 69.7 Å². The molecular formula is C20H18BrClFN3O3. The number of likely N-dealkylation sites (N-methyl/N-ethyl adjacent to an activating group) is 1. The minimum Gasteiger partial charge on any atom is -0.340 e. The number of benzene rings is 2. The molecule has 1 aliphatic heterocycles. The van der Waals surface area contributed by atoms with Crippen molar-refractivity contribution in [3.8, 4) is 0 Å².